The van der Waals surface area contributed by atoms with Gasteiger partial charge < -0.3 is 10.1 Å². The molecule has 0 aromatic heterocycles. The first-order valence-electron chi connectivity index (χ1n) is 8.82. The third-order valence-corrected chi connectivity index (χ3v) is 7.59. The molecule has 28 heavy (non-hydrogen) atoms. The van der Waals surface area contributed by atoms with E-state index in [0.717, 1.165) is 5.56 Å². The molecule has 1 fully saturated rings. The maximum atomic E-state index is 12.4. The van der Waals surface area contributed by atoms with Gasteiger partial charge in [0.2, 0.25) is 0 Å². The van der Waals surface area contributed by atoms with Crippen LogP contribution in [0, 0.1) is 6.92 Å². The number of thioether (sulfide) groups is 1. The molecule has 6 nitrogen and oxygen atoms in total. The number of anilines is 1. The zero-order valence-corrected chi connectivity index (χ0v) is 17.0. The van der Waals surface area contributed by atoms with Crippen LogP contribution in [0.3, 0.4) is 0 Å². The Hall–Kier alpha value is -2.32. The number of esters is 1. The first-order valence-corrected chi connectivity index (χ1v) is 11.5. The highest BCUT2D eigenvalue weighted by molar-refractivity contribution is 8.02. The molecule has 1 atom stereocenters. The number of rotatable bonds is 6. The van der Waals surface area contributed by atoms with Crippen LogP contribution < -0.4 is 5.32 Å². The monoisotopic (exact) mass is 419 g/mol. The Bertz CT molecular complexity index is 970. The maximum absolute atomic E-state index is 12.4. The lowest BCUT2D eigenvalue weighted by Crippen LogP contribution is -2.21. The highest BCUT2D eigenvalue weighted by atomic mass is 32.2. The molecular formula is C20H21NO5S2. The molecule has 1 amide bonds. The molecule has 0 saturated carbocycles. The second-order valence-corrected chi connectivity index (χ2v) is 10.2. The van der Waals surface area contributed by atoms with Gasteiger partial charge >= 0.3 is 5.97 Å². The maximum Gasteiger partial charge on any atom is 0.339 e. The number of aryl methyl sites for hydroxylation is 1. The molecule has 0 spiro atoms. The van der Waals surface area contributed by atoms with Gasteiger partial charge in [-0.05, 0) is 37.6 Å². The average molecular weight is 420 g/mol. The first-order chi connectivity index (χ1) is 13.3. The predicted molar refractivity (Wildman–Crippen MR) is 109 cm³/mol. The molecule has 2 aromatic rings. The van der Waals surface area contributed by atoms with E-state index in [-0.39, 0.29) is 16.8 Å². The third-order valence-electron chi connectivity index (χ3n) is 4.26. The first kappa shape index (κ1) is 20.4. The Balaban J connectivity index is 1.58. The number of carbonyl (C=O) groups excluding carboxylic acids is 2. The second kappa shape index (κ2) is 8.79. The summed E-state index contributed by atoms with van der Waals surface area (Å²) < 4.78 is 28.4. The molecule has 8 heteroatoms. The molecule has 1 heterocycles. The largest absolute Gasteiger partial charge is 0.452 e. The van der Waals surface area contributed by atoms with E-state index in [2.05, 4.69) is 5.32 Å². The standard InChI is InChI=1S/C20H21NO5S2/c1-14-6-8-15(9-7-14)21-19(22)12-26-20(23)17-4-2-3-5-18(17)27-16-10-11-28(24,25)13-16/h2-9,16H,10-13H2,1H3,(H,21,22)/t16-/m1/s1. The van der Waals surface area contributed by atoms with Crippen molar-refractivity contribution in [3.05, 3.63) is 59.7 Å². The molecular weight excluding hydrogens is 398 g/mol. The van der Waals surface area contributed by atoms with Crippen LogP contribution in [-0.4, -0.2) is 43.7 Å². The number of nitrogens with one attached hydrogen (secondary N) is 1. The van der Waals surface area contributed by atoms with Gasteiger partial charge in [-0.2, -0.15) is 0 Å². The van der Waals surface area contributed by atoms with Crippen LogP contribution in [0.2, 0.25) is 0 Å². The van der Waals surface area contributed by atoms with Gasteiger partial charge in [0, 0.05) is 15.8 Å². The molecule has 1 aliphatic rings. The van der Waals surface area contributed by atoms with E-state index < -0.39 is 28.3 Å². The number of hydrogen-bond acceptors (Lipinski definition) is 6. The van der Waals surface area contributed by atoms with E-state index >= 15 is 0 Å². The lowest BCUT2D eigenvalue weighted by molar-refractivity contribution is -0.119. The SMILES string of the molecule is Cc1ccc(NC(=O)COC(=O)c2ccccc2S[C@@H]2CCS(=O)(=O)C2)cc1. The lowest BCUT2D eigenvalue weighted by Gasteiger charge is -2.12. The normalized spacial score (nSPS) is 17.8. The van der Waals surface area contributed by atoms with E-state index in [0.29, 0.717) is 22.6 Å². The van der Waals surface area contributed by atoms with E-state index in [9.17, 15) is 18.0 Å². The molecule has 3 rings (SSSR count). The van der Waals surface area contributed by atoms with E-state index in [1.54, 1.807) is 36.4 Å². The summed E-state index contributed by atoms with van der Waals surface area (Å²) in [5.41, 5.74) is 2.04. The fourth-order valence-corrected chi connectivity index (χ4v) is 6.43. The Morgan fingerprint density at radius 3 is 2.54 bits per heavy atom. The quantitative estimate of drug-likeness (QED) is 0.724. The fourth-order valence-electron chi connectivity index (χ4n) is 2.81. The number of amides is 1. The smallest absolute Gasteiger partial charge is 0.339 e. The Morgan fingerprint density at radius 2 is 1.86 bits per heavy atom. The summed E-state index contributed by atoms with van der Waals surface area (Å²) in [6.07, 6.45) is 0.565. The zero-order chi connectivity index (χ0) is 20.1. The van der Waals surface area contributed by atoms with Crippen molar-refractivity contribution in [3.63, 3.8) is 0 Å². The predicted octanol–water partition coefficient (Wildman–Crippen LogP) is 3.07. The molecule has 1 N–H and O–H groups in total. The lowest BCUT2D eigenvalue weighted by atomic mass is 10.2. The van der Waals surface area contributed by atoms with E-state index in [1.807, 2.05) is 19.1 Å². The second-order valence-electron chi connectivity index (χ2n) is 6.63. The molecule has 1 saturated heterocycles. The van der Waals surface area contributed by atoms with Gasteiger partial charge in [-0.3, -0.25) is 4.79 Å². The Labute approximate surface area is 168 Å². The van der Waals surface area contributed by atoms with Crippen molar-refractivity contribution in [2.24, 2.45) is 0 Å². The number of benzene rings is 2. The van der Waals surface area contributed by atoms with Crippen LogP contribution >= 0.6 is 11.8 Å². The van der Waals surface area contributed by atoms with Crippen LogP contribution in [0.1, 0.15) is 22.3 Å². The highest BCUT2D eigenvalue weighted by Gasteiger charge is 2.29. The molecule has 148 valence electrons. The van der Waals surface area contributed by atoms with Crippen LogP contribution in [0.5, 0.6) is 0 Å². The van der Waals surface area contributed by atoms with E-state index in [1.165, 1.54) is 11.8 Å². The van der Waals surface area contributed by atoms with Crippen molar-refractivity contribution < 1.29 is 22.7 Å². The average Bonchev–Trinajstić information content (AvgIpc) is 3.00. The number of sulfone groups is 1. The number of carbonyl (C=O) groups is 2. The Kier molecular flexibility index (Phi) is 6.41. The highest BCUT2D eigenvalue weighted by Crippen LogP contribution is 2.33. The van der Waals surface area contributed by atoms with Crippen molar-refractivity contribution in [2.45, 2.75) is 23.5 Å². The van der Waals surface area contributed by atoms with Gasteiger partial charge in [0.05, 0.1) is 17.1 Å². The van der Waals surface area contributed by atoms with Gasteiger partial charge in [-0.1, -0.05) is 29.8 Å². The van der Waals surface area contributed by atoms with Crippen LogP contribution in [-0.2, 0) is 19.4 Å². The fraction of sp³-hybridized carbons (Fsp3) is 0.300. The molecule has 0 unspecified atom stereocenters. The third kappa shape index (κ3) is 5.59. The zero-order valence-electron chi connectivity index (χ0n) is 15.4. The molecule has 0 bridgehead atoms. The van der Waals surface area contributed by atoms with Crippen LogP contribution in [0.15, 0.2) is 53.4 Å². The molecule has 0 aliphatic carbocycles. The van der Waals surface area contributed by atoms with Crippen LogP contribution in [0.4, 0.5) is 5.69 Å². The summed E-state index contributed by atoms with van der Waals surface area (Å²) in [5, 5.41) is 2.59. The molecule has 2 aromatic carbocycles. The van der Waals surface area contributed by atoms with Gasteiger partial charge in [0.15, 0.2) is 16.4 Å². The molecule has 1 aliphatic heterocycles. The van der Waals surface area contributed by atoms with Crippen molar-refractivity contribution in [2.75, 3.05) is 23.4 Å². The minimum absolute atomic E-state index is 0.0798. The Morgan fingerprint density at radius 1 is 1.14 bits per heavy atom. The van der Waals surface area contributed by atoms with Crippen molar-refractivity contribution in [3.8, 4) is 0 Å². The van der Waals surface area contributed by atoms with E-state index in [4.69, 9.17) is 4.74 Å². The summed E-state index contributed by atoms with van der Waals surface area (Å²) in [7, 11) is -2.99. The molecule has 0 radical (unpaired) electrons. The summed E-state index contributed by atoms with van der Waals surface area (Å²) in [4.78, 5) is 25.1. The van der Waals surface area contributed by atoms with Gasteiger partial charge in [0.25, 0.3) is 5.91 Å². The summed E-state index contributed by atoms with van der Waals surface area (Å²) >= 11 is 1.37. The minimum atomic E-state index is -2.99. The summed E-state index contributed by atoms with van der Waals surface area (Å²) in [6.45, 7) is 1.55. The summed E-state index contributed by atoms with van der Waals surface area (Å²) in [5.74, 6) is -0.747. The van der Waals surface area contributed by atoms with Crippen molar-refractivity contribution >= 4 is 39.2 Å². The van der Waals surface area contributed by atoms with Gasteiger partial charge in [-0.25, -0.2) is 13.2 Å². The number of hydrogen-bond donors (Lipinski definition) is 1. The minimum Gasteiger partial charge on any atom is -0.452 e. The van der Waals surface area contributed by atoms with Crippen LogP contribution in [0.25, 0.3) is 0 Å². The van der Waals surface area contributed by atoms with Crippen molar-refractivity contribution in [1.82, 2.24) is 0 Å². The topological polar surface area (TPSA) is 89.5 Å². The summed E-state index contributed by atoms with van der Waals surface area (Å²) in [6, 6.07) is 14.2. The van der Waals surface area contributed by atoms with Gasteiger partial charge in [-0.15, -0.1) is 11.8 Å². The van der Waals surface area contributed by atoms with Gasteiger partial charge in [0.1, 0.15) is 0 Å². The van der Waals surface area contributed by atoms with Crippen molar-refractivity contribution in [1.29, 1.82) is 0 Å². The number of ether oxygens (including phenoxy) is 1.